The third-order valence-corrected chi connectivity index (χ3v) is 6.21. The van der Waals surface area contributed by atoms with Crippen LogP contribution >= 0.6 is 0 Å². The molecule has 0 saturated carbocycles. The number of benzene rings is 3. The second kappa shape index (κ2) is 9.97. The molecule has 2 heterocycles. The third kappa shape index (κ3) is 5.38. The first kappa shape index (κ1) is 22.0. The van der Waals surface area contributed by atoms with Gasteiger partial charge in [0, 0.05) is 35.5 Å². The van der Waals surface area contributed by atoms with Gasteiger partial charge in [0.2, 0.25) is 0 Å². The Kier molecular flexibility index (Phi) is 6.44. The molecule has 7 nitrogen and oxygen atoms in total. The van der Waals surface area contributed by atoms with Crippen LogP contribution in [-0.4, -0.2) is 39.8 Å². The van der Waals surface area contributed by atoms with Gasteiger partial charge in [-0.1, -0.05) is 18.2 Å². The number of nitrogens with one attached hydrogen (secondary N) is 2. The lowest BCUT2D eigenvalue weighted by atomic mass is 10.2. The maximum atomic E-state index is 12.5. The SMILES string of the molecule is CC1CCCN1CCn1cc2cc(NC(=O)Nc3ccc(Oc4ccccc4)cc3)ccc2n1. The zero-order valence-corrected chi connectivity index (χ0v) is 19.3. The zero-order valence-electron chi connectivity index (χ0n) is 19.3. The van der Waals surface area contributed by atoms with E-state index in [4.69, 9.17) is 4.74 Å². The van der Waals surface area contributed by atoms with Crippen LogP contribution in [0.3, 0.4) is 0 Å². The van der Waals surface area contributed by atoms with Crippen LogP contribution in [0.1, 0.15) is 19.8 Å². The fourth-order valence-corrected chi connectivity index (χ4v) is 4.35. The van der Waals surface area contributed by atoms with Crippen LogP contribution in [0.15, 0.2) is 79.0 Å². The van der Waals surface area contributed by atoms with Gasteiger partial charge in [-0.3, -0.25) is 9.58 Å². The van der Waals surface area contributed by atoms with Gasteiger partial charge >= 0.3 is 6.03 Å². The van der Waals surface area contributed by atoms with Gasteiger partial charge in [-0.25, -0.2) is 4.79 Å². The Morgan fingerprint density at radius 2 is 1.71 bits per heavy atom. The number of amides is 2. The van der Waals surface area contributed by atoms with Gasteiger partial charge in [0.25, 0.3) is 0 Å². The van der Waals surface area contributed by atoms with E-state index in [1.165, 1.54) is 19.4 Å². The molecule has 1 aliphatic rings. The number of hydrogen-bond acceptors (Lipinski definition) is 4. The van der Waals surface area contributed by atoms with Gasteiger partial charge in [-0.2, -0.15) is 5.10 Å². The van der Waals surface area contributed by atoms with Crippen molar-refractivity contribution in [2.75, 3.05) is 23.7 Å². The fraction of sp³-hybridized carbons (Fsp3) is 0.259. The molecule has 1 atom stereocenters. The molecule has 0 spiro atoms. The molecular formula is C27H29N5O2. The van der Waals surface area contributed by atoms with Crippen LogP contribution in [0.25, 0.3) is 10.9 Å². The highest BCUT2D eigenvalue weighted by atomic mass is 16.5. The van der Waals surface area contributed by atoms with E-state index >= 15 is 0 Å². The zero-order chi connectivity index (χ0) is 23.3. The average Bonchev–Trinajstić information content (AvgIpc) is 3.44. The number of nitrogens with zero attached hydrogens (tertiary/aromatic N) is 3. The number of carbonyl (C=O) groups excluding carboxylic acids is 1. The Morgan fingerprint density at radius 1 is 0.971 bits per heavy atom. The fourth-order valence-electron chi connectivity index (χ4n) is 4.35. The minimum atomic E-state index is -0.300. The summed E-state index contributed by atoms with van der Waals surface area (Å²) in [6, 6.07) is 23.0. The van der Waals surface area contributed by atoms with Gasteiger partial charge in [0.05, 0.1) is 12.1 Å². The lowest BCUT2D eigenvalue weighted by Crippen LogP contribution is -2.30. The molecule has 4 aromatic rings. The van der Waals surface area contributed by atoms with Crippen molar-refractivity contribution in [3.05, 3.63) is 79.0 Å². The number of anilines is 2. The van der Waals surface area contributed by atoms with E-state index in [9.17, 15) is 4.79 Å². The maximum Gasteiger partial charge on any atom is 0.323 e. The highest BCUT2D eigenvalue weighted by Gasteiger charge is 2.19. The summed E-state index contributed by atoms with van der Waals surface area (Å²) in [5, 5.41) is 11.4. The van der Waals surface area contributed by atoms with Crippen molar-refractivity contribution >= 4 is 28.3 Å². The Hall–Kier alpha value is -3.84. The van der Waals surface area contributed by atoms with Crippen molar-refractivity contribution in [1.82, 2.24) is 14.7 Å². The van der Waals surface area contributed by atoms with Crippen molar-refractivity contribution in [1.29, 1.82) is 0 Å². The maximum absolute atomic E-state index is 12.5. The number of urea groups is 1. The van der Waals surface area contributed by atoms with E-state index in [0.29, 0.717) is 17.5 Å². The minimum Gasteiger partial charge on any atom is -0.457 e. The molecule has 1 fully saturated rings. The van der Waals surface area contributed by atoms with E-state index in [1.54, 1.807) is 0 Å². The molecule has 1 unspecified atom stereocenters. The summed E-state index contributed by atoms with van der Waals surface area (Å²) >= 11 is 0. The molecule has 1 aliphatic heterocycles. The molecule has 5 rings (SSSR count). The second-order valence-electron chi connectivity index (χ2n) is 8.71. The summed E-state index contributed by atoms with van der Waals surface area (Å²) in [7, 11) is 0. The number of hydrogen-bond donors (Lipinski definition) is 2. The van der Waals surface area contributed by atoms with Crippen molar-refractivity contribution < 1.29 is 9.53 Å². The molecule has 174 valence electrons. The quantitative estimate of drug-likeness (QED) is 0.361. The molecule has 0 radical (unpaired) electrons. The van der Waals surface area contributed by atoms with Crippen LogP contribution < -0.4 is 15.4 Å². The first-order valence-corrected chi connectivity index (χ1v) is 11.7. The van der Waals surface area contributed by atoms with Gasteiger partial charge in [-0.15, -0.1) is 0 Å². The monoisotopic (exact) mass is 455 g/mol. The molecule has 2 N–H and O–H groups in total. The largest absolute Gasteiger partial charge is 0.457 e. The summed E-state index contributed by atoms with van der Waals surface area (Å²) < 4.78 is 7.79. The predicted molar refractivity (Wildman–Crippen MR) is 136 cm³/mol. The summed E-state index contributed by atoms with van der Waals surface area (Å²) in [5.41, 5.74) is 2.33. The topological polar surface area (TPSA) is 71.4 Å². The van der Waals surface area contributed by atoms with Crippen molar-refractivity contribution in [2.45, 2.75) is 32.4 Å². The lowest BCUT2D eigenvalue weighted by Gasteiger charge is -2.20. The van der Waals surface area contributed by atoms with Crippen LogP contribution in [-0.2, 0) is 6.54 Å². The number of rotatable bonds is 7. The number of aromatic nitrogens is 2. The smallest absolute Gasteiger partial charge is 0.323 e. The van der Waals surface area contributed by atoms with E-state index in [0.717, 1.165) is 35.4 Å². The van der Waals surface area contributed by atoms with E-state index in [-0.39, 0.29) is 6.03 Å². The summed E-state index contributed by atoms with van der Waals surface area (Å²) in [4.78, 5) is 15.0. The van der Waals surface area contributed by atoms with Crippen molar-refractivity contribution in [3.63, 3.8) is 0 Å². The number of para-hydroxylation sites is 1. The standard InChI is InChI=1S/C27H29N5O2/c1-20-6-5-15-31(20)16-17-32-19-21-18-23(11-14-26(21)30-32)29-27(33)28-22-9-12-25(13-10-22)34-24-7-3-2-4-8-24/h2-4,7-14,18-20H,5-6,15-17H2,1H3,(H2,28,29,33). The number of likely N-dealkylation sites (tertiary alicyclic amines) is 1. The van der Waals surface area contributed by atoms with Crippen molar-refractivity contribution in [3.8, 4) is 11.5 Å². The van der Waals surface area contributed by atoms with Gasteiger partial charge in [0.15, 0.2) is 0 Å². The van der Waals surface area contributed by atoms with Crippen LogP contribution in [0, 0.1) is 0 Å². The second-order valence-corrected chi connectivity index (χ2v) is 8.71. The molecule has 2 amide bonds. The average molecular weight is 456 g/mol. The Morgan fingerprint density at radius 3 is 2.47 bits per heavy atom. The number of fused-ring (bicyclic) bond motifs is 1. The predicted octanol–water partition coefficient (Wildman–Crippen LogP) is 5.96. The first-order chi connectivity index (χ1) is 16.6. The molecule has 34 heavy (non-hydrogen) atoms. The highest BCUT2D eigenvalue weighted by Crippen LogP contribution is 2.23. The lowest BCUT2D eigenvalue weighted by molar-refractivity contribution is 0.254. The molecule has 1 aromatic heterocycles. The Balaban J connectivity index is 1.16. The highest BCUT2D eigenvalue weighted by molar-refractivity contribution is 6.00. The van der Waals surface area contributed by atoms with Crippen molar-refractivity contribution in [2.24, 2.45) is 0 Å². The molecule has 0 bridgehead atoms. The molecule has 0 aliphatic carbocycles. The van der Waals surface area contributed by atoms with E-state index in [1.807, 2.05) is 83.7 Å². The van der Waals surface area contributed by atoms with Crippen LogP contribution in [0.5, 0.6) is 11.5 Å². The summed E-state index contributed by atoms with van der Waals surface area (Å²) in [5.74, 6) is 1.48. The molecule has 1 saturated heterocycles. The molecule has 3 aromatic carbocycles. The van der Waals surface area contributed by atoms with Gasteiger partial charge in [0.1, 0.15) is 11.5 Å². The third-order valence-electron chi connectivity index (χ3n) is 6.21. The molecule has 7 heteroatoms. The van der Waals surface area contributed by atoms with E-state index in [2.05, 4.69) is 27.6 Å². The number of ether oxygens (including phenoxy) is 1. The van der Waals surface area contributed by atoms with E-state index < -0.39 is 0 Å². The van der Waals surface area contributed by atoms with Crippen LogP contribution in [0.2, 0.25) is 0 Å². The van der Waals surface area contributed by atoms with Gasteiger partial charge in [-0.05, 0) is 80.9 Å². The Bertz CT molecular complexity index is 1250. The summed E-state index contributed by atoms with van der Waals surface area (Å²) in [6.45, 7) is 5.35. The normalized spacial score (nSPS) is 16.0. The minimum absolute atomic E-state index is 0.300. The first-order valence-electron chi connectivity index (χ1n) is 11.7. The Labute approximate surface area is 199 Å². The van der Waals surface area contributed by atoms with Crippen LogP contribution in [0.4, 0.5) is 16.2 Å². The molecular weight excluding hydrogens is 426 g/mol. The number of carbonyl (C=O) groups is 1. The summed E-state index contributed by atoms with van der Waals surface area (Å²) in [6.07, 6.45) is 4.61. The van der Waals surface area contributed by atoms with Gasteiger partial charge < -0.3 is 15.4 Å².